The first-order valence-corrected chi connectivity index (χ1v) is 9.95. The van der Waals surface area contributed by atoms with Crippen LogP contribution in [0.25, 0.3) is 10.2 Å². The number of carbonyl (C=O) groups is 1. The molecule has 2 unspecified atom stereocenters. The van der Waals surface area contributed by atoms with Gasteiger partial charge in [0.05, 0.1) is 5.39 Å². The quantitative estimate of drug-likeness (QED) is 0.772. The number of nitrogens with zero attached hydrogens (tertiary/aromatic N) is 1. The number of hydrogen-bond acceptors (Lipinski definition) is 5. The van der Waals surface area contributed by atoms with Gasteiger partial charge in [-0.1, -0.05) is 6.92 Å². The van der Waals surface area contributed by atoms with Crippen molar-refractivity contribution in [2.45, 2.75) is 51.5 Å². The van der Waals surface area contributed by atoms with Gasteiger partial charge >= 0.3 is 0 Å². The van der Waals surface area contributed by atoms with E-state index >= 15 is 0 Å². The summed E-state index contributed by atoms with van der Waals surface area (Å²) in [5.41, 5.74) is 1.15. The summed E-state index contributed by atoms with van der Waals surface area (Å²) in [6.07, 6.45) is 4.95. The van der Waals surface area contributed by atoms with E-state index in [4.69, 9.17) is 0 Å². The van der Waals surface area contributed by atoms with Crippen LogP contribution in [0.15, 0.2) is 4.79 Å². The molecule has 6 nitrogen and oxygen atoms in total. The van der Waals surface area contributed by atoms with Gasteiger partial charge in [-0.15, -0.1) is 11.3 Å². The van der Waals surface area contributed by atoms with Crippen molar-refractivity contribution in [1.29, 1.82) is 0 Å². The molecule has 1 amide bonds. The van der Waals surface area contributed by atoms with E-state index in [1.54, 1.807) is 11.3 Å². The van der Waals surface area contributed by atoms with Gasteiger partial charge in [0.1, 0.15) is 10.7 Å². The Kier molecular flexibility index (Phi) is 4.60. The second kappa shape index (κ2) is 6.88. The molecule has 0 radical (unpaired) electrons. The lowest BCUT2D eigenvalue weighted by Crippen LogP contribution is -2.36. The Labute approximate surface area is 150 Å². The van der Waals surface area contributed by atoms with Gasteiger partial charge in [-0.3, -0.25) is 9.59 Å². The van der Waals surface area contributed by atoms with E-state index in [1.807, 2.05) is 0 Å². The van der Waals surface area contributed by atoms with Crippen LogP contribution in [0.1, 0.15) is 42.5 Å². The summed E-state index contributed by atoms with van der Waals surface area (Å²) in [5.74, 6) is 1.31. The zero-order chi connectivity index (χ0) is 17.4. The molecule has 25 heavy (non-hydrogen) atoms. The summed E-state index contributed by atoms with van der Waals surface area (Å²) in [5, 5.41) is 7.03. The number of thiophene rings is 1. The minimum Gasteiger partial charge on any atom is -0.352 e. The number of amides is 1. The SMILES string of the molecule is CC1CCc2c(sc3nc(CCC(=O)NC4CCNC4)[nH]c(=O)c23)C1. The van der Waals surface area contributed by atoms with E-state index < -0.39 is 0 Å². The van der Waals surface area contributed by atoms with E-state index in [1.165, 1.54) is 10.4 Å². The van der Waals surface area contributed by atoms with Gasteiger partial charge in [0.2, 0.25) is 5.91 Å². The molecule has 7 heteroatoms. The highest BCUT2D eigenvalue weighted by atomic mass is 32.1. The summed E-state index contributed by atoms with van der Waals surface area (Å²) < 4.78 is 0. The molecule has 2 aromatic heterocycles. The summed E-state index contributed by atoms with van der Waals surface area (Å²) >= 11 is 1.65. The molecule has 0 bridgehead atoms. The third-order valence-corrected chi connectivity index (χ3v) is 6.38. The number of fused-ring (bicyclic) bond motifs is 3. The average molecular weight is 360 g/mol. The summed E-state index contributed by atoms with van der Waals surface area (Å²) in [6, 6.07) is 0.230. The minimum atomic E-state index is -0.0487. The van der Waals surface area contributed by atoms with Crippen LogP contribution < -0.4 is 16.2 Å². The van der Waals surface area contributed by atoms with Crippen LogP contribution in [0.5, 0.6) is 0 Å². The zero-order valence-electron chi connectivity index (χ0n) is 14.5. The molecule has 2 aromatic rings. The van der Waals surface area contributed by atoms with Crippen molar-refractivity contribution in [3.8, 4) is 0 Å². The Hall–Kier alpha value is -1.73. The molecule has 1 fully saturated rings. The van der Waals surface area contributed by atoms with Gasteiger partial charge in [-0.25, -0.2) is 4.98 Å². The Bertz CT molecular complexity index is 851. The van der Waals surface area contributed by atoms with Crippen molar-refractivity contribution in [3.63, 3.8) is 0 Å². The molecular formula is C18H24N4O2S. The van der Waals surface area contributed by atoms with Gasteiger partial charge < -0.3 is 15.6 Å². The van der Waals surface area contributed by atoms with Crippen LogP contribution in [-0.2, 0) is 24.1 Å². The lowest BCUT2D eigenvalue weighted by atomic mass is 9.89. The van der Waals surface area contributed by atoms with Crippen LogP contribution >= 0.6 is 11.3 Å². The molecule has 4 rings (SSSR count). The van der Waals surface area contributed by atoms with Gasteiger partial charge in [0.25, 0.3) is 5.56 Å². The molecule has 0 aromatic carbocycles. The summed E-state index contributed by atoms with van der Waals surface area (Å²) in [7, 11) is 0. The van der Waals surface area contributed by atoms with Crippen molar-refractivity contribution in [2.75, 3.05) is 13.1 Å². The van der Waals surface area contributed by atoms with E-state index in [2.05, 4.69) is 27.5 Å². The smallest absolute Gasteiger partial charge is 0.259 e. The standard InChI is InChI=1S/C18H24N4O2S/c1-10-2-3-12-13(8-10)25-18-16(12)17(24)21-14(22-18)4-5-15(23)20-11-6-7-19-9-11/h10-11,19H,2-9H2,1H3,(H,20,23)(H,21,22,24). The number of hydrogen-bond donors (Lipinski definition) is 3. The highest BCUT2D eigenvalue weighted by molar-refractivity contribution is 7.18. The van der Waals surface area contributed by atoms with E-state index in [0.29, 0.717) is 24.6 Å². The van der Waals surface area contributed by atoms with Crippen molar-refractivity contribution < 1.29 is 4.79 Å². The molecule has 1 saturated heterocycles. The van der Waals surface area contributed by atoms with E-state index in [0.717, 1.165) is 49.0 Å². The van der Waals surface area contributed by atoms with Gasteiger partial charge in [0, 0.05) is 30.3 Å². The van der Waals surface area contributed by atoms with Gasteiger partial charge in [-0.05, 0) is 43.7 Å². The van der Waals surface area contributed by atoms with Crippen molar-refractivity contribution in [2.24, 2.45) is 5.92 Å². The maximum Gasteiger partial charge on any atom is 0.259 e. The first-order valence-electron chi connectivity index (χ1n) is 9.13. The molecule has 0 spiro atoms. The average Bonchev–Trinajstić information content (AvgIpc) is 3.19. The third-order valence-electron chi connectivity index (χ3n) is 5.23. The maximum atomic E-state index is 12.5. The van der Waals surface area contributed by atoms with Gasteiger partial charge in [-0.2, -0.15) is 0 Å². The molecule has 3 heterocycles. The molecule has 1 aliphatic carbocycles. The second-order valence-electron chi connectivity index (χ2n) is 7.30. The van der Waals surface area contributed by atoms with E-state index in [-0.39, 0.29) is 17.5 Å². The largest absolute Gasteiger partial charge is 0.352 e. The van der Waals surface area contributed by atoms with Crippen LogP contribution in [0.4, 0.5) is 0 Å². The topological polar surface area (TPSA) is 86.9 Å². The monoisotopic (exact) mass is 360 g/mol. The fourth-order valence-corrected chi connectivity index (χ4v) is 5.22. The number of aromatic nitrogens is 2. The number of carbonyl (C=O) groups excluding carboxylic acids is 1. The zero-order valence-corrected chi connectivity index (χ0v) is 15.3. The van der Waals surface area contributed by atoms with Crippen LogP contribution in [0.3, 0.4) is 0 Å². The Balaban J connectivity index is 1.49. The molecule has 0 saturated carbocycles. The molecular weight excluding hydrogens is 336 g/mol. The number of aromatic amines is 1. The lowest BCUT2D eigenvalue weighted by molar-refractivity contribution is -0.121. The molecule has 1 aliphatic heterocycles. The first-order chi connectivity index (χ1) is 12.1. The molecule has 134 valence electrons. The van der Waals surface area contributed by atoms with Crippen molar-refractivity contribution in [3.05, 3.63) is 26.6 Å². The first kappa shape index (κ1) is 16.7. The summed E-state index contributed by atoms with van der Waals surface area (Å²) in [6.45, 7) is 4.05. The molecule has 3 N–H and O–H groups in total. The normalized spacial score (nSPS) is 22.9. The number of nitrogens with one attached hydrogen (secondary N) is 3. The van der Waals surface area contributed by atoms with Crippen LogP contribution in [0.2, 0.25) is 0 Å². The predicted octanol–water partition coefficient (Wildman–Crippen LogP) is 1.52. The highest BCUT2D eigenvalue weighted by Crippen LogP contribution is 2.35. The Morgan fingerprint density at radius 3 is 3.08 bits per heavy atom. The van der Waals surface area contributed by atoms with Crippen molar-refractivity contribution >= 4 is 27.5 Å². The highest BCUT2D eigenvalue weighted by Gasteiger charge is 2.23. The molecule has 2 aliphatic rings. The van der Waals surface area contributed by atoms with Crippen LogP contribution in [-0.4, -0.2) is 35.0 Å². The fraction of sp³-hybridized carbons (Fsp3) is 0.611. The maximum absolute atomic E-state index is 12.5. The minimum absolute atomic E-state index is 0.0238. The van der Waals surface area contributed by atoms with Gasteiger partial charge in [0.15, 0.2) is 0 Å². The summed E-state index contributed by atoms with van der Waals surface area (Å²) in [4.78, 5) is 34.3. The number of aryl methyl sites for hydroxylation is 2. The van der Waals surface area contributed by atoms with Crippen LogP contribution in [0, 0.1) is 5.92 Å². The predicted molar refractivity (Wildman–Crippen MR) is 99.2 cm³/mol. The van der Waals surface area contributed by atoms with Crippen molar-refractivity contribution in [1.82, 2.24) is 20.6 Å². The Morgan fingerprint density at radius 2 is 2.28 bits per heavy atom. The van der Waals surface area contributed by atoms with E-state index in [9.17, 15) is 9.59 Å². The fourth-order valence-electron chi connectivity index (χ4n) is 3.82. The third kappa shape index (κ3) is 3.48. The molecule has 2 atom stereocenters. The Morgan fingerprint density at radius 1 is 1.40 bits per heavy atom. The lowest BCUT2D eigenvalue weighted by Gasteiger charge is -2.17. The second-order valence-corrected chi connectivity index (χ2v) is 8.39. The number of rotatable bonds is 4. The number of H-pyrrole nitrogens is 1.